The highest BCUT2D eigenvalue weighted by molar-refractivity contribution is 5.04. The van der Waals surface area contributed by atoms with Gasteiger partial charge in [-0.05, 0) is 56.6 Å². The standard InChI is InChI=1S/C15H26N2/c1-12(10-16-14-7-8-14)11-17-9-3-5-13-4-2-6-15(13)17/h13-16H,1-11H2. The SMILES string of the molecule is C=C(CNC1CC1)CN1CCCC2CCCC21. The van der Waals surface area contributed by atoms with Crippen LogP contribution in [0.1, 0.15) is 44.9 Å². The smallest absolute Gasteiger partial charge is 0.0205 e. The molecule has 2 nitrogen and oxygen atoms in total. The van der Waals surface area contributed by atoms with Gasteiger partial charge in [0.25, 0.3) is 0 Å². The van der Waals surface area contributed by atoms with Crippen LogP contribution in [0.4, 0.5) is 0 Å². The zero-order valence-corrected chi connectivity index (χ0v) is 11.0. The van der Waals surface area contributed by atoms with Gasteiger partial charge in [0.15, 0.2) is 0 Å². The molecule has 2 heteroatoms. The molecule has 3 fully saturated rings. The molecule has 1 saturated heterocycles. The maximum atomic E-state index is 4.26. The van der Waals surface area contributed by atoms with Crippen molar-refractivity contribution >= 4 is 0 Å². The summed E-state index contributed by atoms with van der Waals surface area (Å²) in [5.74, 6) is 1.01. The Labute approximate surface area is 105 Å². The van der Waals surface area contributed by atoms with Gasteiger partial charge < -0.3 is 5.32 Å². The van der Waals surface area contributed by atoms with Crippen LogP contribution in [0.2, 0.25) is 0 Å². The predicted octanol–water partition coefficient (Wildman–Crippen LogP) is 2.56. The maximum absolute atomic E-state index is 4.26. The Hall–Kier alpha value is -0.340. The van der Waals surface area contributed by atoms with Gasteiger partial charge in [0, 0.05) is 25.2 Å². The van der Waals surface area contributed by atoms with Crippen molar-refractivity contribution in [2.75, 3.05) is 19.6 Å². The van der Waals surface area contributed by atoms with Crippen LogP contribution in [0.15, 0.2) is 12.2 Å². The fourth-order valence-corrected chi connectivity index (χ4v) is 3.67. The van der Waals surface area contributed by atoms with E-state index in [1.54, 1.807) is 0 Å². The van der Waals surface area contributed by atoms with E-state index in [2.05, 4.69) is 16.8 Å². The second-order valence-electron chi connectivity index (χ2n) is 6.28. The van der Waals surface area contributed by atoms with Gasteiger partial charge >= 0.3 is 0 Å². The fourth-order valence-electron chi connectivity index (χ4n) is 3.67. The van der Waals surface area contributed by atoms with Crippen molar-refractivity contribution in [2.24, 2.45) is 5.92 Å². The molecule has 0 aromatic rings. The lowest BCUT2D eigenvalue weighted by molar-refractivity contribution is 0.124. The summed E-state index contributed by atoms with van der Waals surface area (Å²) in [6, 6.07) is 1.70. The molecule has 2 saturated carbocycles. The number of rotatable bonds is 5. The molecule has 2 aliphatic carbocycles. The molecular weight excluding hydrogens is 208 g/mol. The second-order valence-corrected chi connectivity index (χ2v) is 6.28. The molecule has 1 heterocycles. The highest BCUT2D eigenvalue weighted by atomic mass is 15.2. The van der Waals surface area contributed by atoms with Crippen LogP contribution in [0.3, 0.4) is 0 Å². The molecule has 2 atom stereocenters. The molecule has 3 aliphatic rings. The molecule has 0 amide bonds. The van der Waals surface area contributed by atoms with E-state index >= 15 is 0 Å². The van der Waals surface area contributed by atoms with Crippen molar-refractivity contribution in [1.82, 2.24) is 10.2 Å². The molecule has 0 radical (unpaired) electrons. The number of piperidine rings is 1. The van der Waals surface area contributed by atoms with Crippen molar-refractivity contribution in [1.29, 1.82) is 0 Å². The third-order valence-electron chi connectivity index (χ3n) is 4.75. The van der Waals surface area contributed by atoms with Gasteiger partial charge in [-0.15, -0.1) is 0 Å². The highest BCUT2D eigenvalue weighted by Gasteiger charge is 2.34. The van der Waals surface area contributed by atoms with Crippen LogP contribution in [-0.2, 0) is 0 Å². The van der Waals surface area contributed by atoms with Crippen molar-refractivity contribution in [2.45, 2.75) is 57.0 Å². The summed E-state index contributed by atoms with van der Waals surface area (Å²) in [6.07, 6.45) is 10.0. The van der Waals surface area contributed by atoms with Gasteiger partial charge in [-0.25, -0.2) is 0 Å². The van der Waals surface area contributed by atoms with Crippen LogP contribution in [0.5, 0.6) is 0 Å². The Morgan fingerprint density at radius 1 is 1.12 bits per heavy atom. The van der Waals surface area contributed by atoms with E-state index in [-0.39, 0.29) is 0 Å². The fraction of sp³-hybridized carbons (Fsp3) is 0.867. The number of fused-ring (bicyclic) bond motifs is 1. The summed E-state index contributed by atoms with van der Waals surface area (Å²) >= 11 is 0. The minimum atomic E-state index is 0.812. The third-order valence-corrected chi connectivity index (χ3v) is 4.75. The lowest BCUT2D eigenvalue weighted by atomic mass is 9.91. The summed E-state index contributed by atoms with van der Waals surface area (Å²) in [5.41, 5.74) is 1.39. The first-order valence-corrected chi connectivity index (χ1v) is 7.47. The third kappa shape index (κ3) is 2.92. The van der Waals surface area contributed by atoms with Crippen molar-refractivity contribution in [3.05, 3.63) is 12.2 Å². The average molecular weight is 234 g/mol. The van der Waals surface area contributed by atoms with Crippen LogP contribution < -0.4 is 5.32 Å². The molecule has 0 bridgehead atoms. The van der Waals surface area contributed by atoms with Crippen LogP contribution in [0, 0.1) is 5.92 Å². The molecule has 3 rings (SSSR count). The first-order valence-electron chi connectivity index (χ1n) is 7.47. The molecular formula is C15H26N2. The van der Waals surface area contributed by atoms with Crippen LogP contribution in [0.25, 0.3) is 0 Å². The van der Waals surface area contributed by atoms with E-state index in [4.69, 9.17) is 0 Å². The molecule has 1 N–H and O–H groups in total. The van der Waals surface area contributed by atoms with Crippen molar-refractivity contribution in [3.8, 4) is 0 Å². The molecule has 0 spiro atoms. The van der Waals surface area contributed by atoms with Crippen molar-refractivity contribution in [3.63, 3.8) is 0 Å². The molecule has 2 unspecified atom stereocenters. The molecule has 17 heavy (non-hydrogen) atoms. The molecule has 1 aliphatic heterocycles. The number of nitrogens with zero attached hydrogens (tertiary/aromatic N) is 1. The zero-order valence-electron chi connectivity index (χ0n) is 11.0. The number of likely N-dealkylation sites (tertiary alicyclic amines) is 1. The Kier molecular flexibility index (Phi) is 3.53. The minimum absolute atomic E-state index is 0.812. The van der Waals surface area contributed by atoms with E-state index in [9.17, 15) is 0 Å². The minimum Gasteiger partial charge on any atom is -0.310 e. The monoisotopic (exact) mass is 234 g/mol. The number of hydrogen-bond donors (Lipinski definition) is 1. The maximum Gasteiger partial charge on any atom is 0.0205 e. The van der Waals surface area contributed by atoms with Crippen LogP contribution >= 0.6 is 0 Å². The summed E-state index contributed by atoms with van der Waals surface area (Å²) in [4.78, 5) is 2.72. The topological polar surface area (TPSA) is 15.3 Å². The van der Waals surface area contributed by atoms with Gasteiger partial charge in [0.05, 0.1) is 0 Å². The van der Waals surface area contributed by atoms with Gasteiger partial charge in [-0.1, -0.05) is 13.0 Å². The lowest BCUT2D eigenvalue weighted by Crippen LogP contribution is -2.44. The first kappa shape index (κ1) is 11.7. The number of nitrogens with one attached hydrogen (secondary N) is 1. The van der Waals surface area contributed by atoms with Gasteiger partial charge in [-0.2, -0.15) is 0 Å². The Balaban J connectivity index is 1.47. The summed E-state index contributed by atoms with van der Waals surface area (Å²) in [6.45, 7) is 7.75. The molecule has 0 aromatic carbocycles. The highest BCUT2D eigenvalue weighted by Crippen LogP contribution is 2.36. The largest absolute Gasteiger partial charge is 0.310 e. The van der Waals surface area contributed by atoms with Gasteiger partial charge in [0.1, 0.15) is 0 Å². The molecule has 96 valence electrons. The van der Waals surface area contributed by atoms with E-state index in [1.807, 2.05) is 0 Å². The van der Waals surface area contributed by atoms with Crippen LogP contribution in [-0.4, -0.2) is 36.6 Å². The normalized spacial score (nSPS) is 33.6. The van der Waals surface area contributed by atoms with Crippen molar-refractivity contribution < 1.29 is 0 Å². The summed E-state index contributed by atoms with van der Waals surface area (Å²) < 4.78 is 0. The Bertz CT molecular complexity index is 283. The summed E-state index contributed by atoms with van der Waals surface area (Å²) in [5, 5.41) is 3.58. The van der Waals surface area contributed by atoms with E-state index in [0.717, 1.165) is 31.1 Å². The van der Waals surface area contributed by atoms with E-state index in [0.29, 0.717) is 0 Å². The number of hydrogen-bond acceptors (Lipinski definition) is 2. The Morgan fingerprint density at radius 2 is 1.94 bits per heavy atom. The summed E-state index contributed by atoms with van der Waals surface area (Å²) in [7, 11) is 0. The predicted molar refractivity (Wildman–Crippen MR) is 72.1 cm³/mol. The second kappa shape index (κ2) is 5.11. The lowest BCUT2D eigenvalue weighted by Gasteiger charge is -2.38. The van der Waals surface area contributed by atoms with Gasteiger partial charge in [0.2, 0.25) is 0 Å². The van der Waals surface area contributed by atoms with E-state index < -0.39 is 0 Å². The van der Waals surface area contributed by atoms with Gasteiger partial charge in [-0.3, -0.25) is 4.90 Å². The first-order chi connectivity index (χ1) is 8.33. The zero-order chi connectivity index (χ0) is 11.7. The average Bonchev–Trinajstić information content (AvgIpc) is 3.03. The molecule has 0 aromatic heterocycles. The quantitative estimate of drug-likeness (QED) is 0.736. The Morgan fingerprint density at radius 3 is 2.76 bits per heavy atom. The van der Waals surface area contributed by atoms with E-state index in [1.165, 1.54) is 57.1 Å².